The summed E-state index contributed by atoms with van der Waals surface area (Å²) in [7, 11) is 0. The standard InChI is InChI=1S/C16H16Cl2N2O2/c1-10(12-5-7-19-8-6-12)20-16(21)11(2)22-15-4-3-13(17)9-14(15)18/h3-11H,1-2H3,(H,20,21)/t10-,11-/m0/s1. The van der Waals surface area contributed by atoms with Crippen molar-refractivity contribution in [2.24, 2.45) is 0 Å². The van der Waals surface area contributed by atoms with E-state index < -0.39 is 6.10 Å². The molecule has 0 spiro atoms. The first kappa shape index (κ1) is 16.6. The molecule has 0 radical (unpaired) electrons. The smallest absolute Gasteiger partial charge is 0.261 e. The van der Waals surface area contributed by atoms with Crippen molar-refractivity contribution in [2.75, 3.05) is 0 Å². The van der Waals surface area contributed by atoms with Crippen molar-refractivity contribution in [3.8, 4) is 5.75 Å². The van der Waals surface area contributed by atoms with Crippen molar-refractivity contribution in [1.82, 2.24) is 10.3 Å². The number of hydrogen-bond donors (Lipinski definition) is 1. The van der Waals surface area contributed by atoms with E-state index in [0.29, 0.717) is 15.8 Å². The van der Waals surface area contributed by atoms with Crippen molar-refractivity contribution in [2.45, 2.75) is 26.0 Å². The molecule has 1 amide bonds. The number of ether oxygens (including phenoxy) is 1. The third kappa shape index (κ3) is 4.36. The van der Waals surface area contributed by atoms with Gasteiger partial charge in [-0.2, -0.15) is 0 Å². The number of benzene rings is 1. The van der Waals surface area contributed by atoms with Gasteiger partial charge in [0, 0.05) is 17.4 Å². The van der Waals surface area contributed by atoms with Gasteiger partial charge in [-0.25, -0.2) is 0 Å². The molecule has 0 bridgehead atoms. The molecule has 0 unspecified atom stereocenters. The van der Waals surface area contributed by atoms with E-state index >= 15 is 0 Å². The average Bonchev–Trinajstić information content (AvgIpc) is 2.50. The van der Waals surface area contributed by atoms with Crippen LogP contribution in [-0.2, 0) is 4.79 Å². The highest BCUT2D eigenvalue weighted by molar-refractivity contribution is 6.35. The second-order valence-electron chi connectivity index (χ2n) is 4.85. The summed E-state index contributed by atoms with van der Waals surface area (Å²) >= 11 is 11.9. The summed E-state index contributed by atoms with van der Waals surface area (Å²) in [5, 5.41) is 3.77. The fraction of sp³-hybridized carbons (Fsp3) is 0.250. The molecule has 4 nitrogen and oxygen atoms in total. The Morgan fingerprint density at radius 3 is 2.50 bits per heavy atom. The zero-order valence-corrected chi connectivity index (χ0v) is 13.7. The van der Waals surface area contributed by atoms with E-state index in [1.165, 1.54) is 0 Å². The predicted octanol–water partition coefficient (Wildman–Crippen LogP) is 4.03. The molecule has 1 N–H and O–H groups in total. The number of carbonyl (C=O) groups is 1. The lowest BCUT2D eigenvalue weighted by atomic mass is 10.1. The molecule has 1 aromatic heterocycles. The number of nitrogens with zero attached hydrogens (tertiary/aromatic N) is 1. The second kappa shape index (κ2) is 7.47. The van der Waals surface area contributed by atoms with Crippen LogP contribution in [0.1, 0.15) is 25.5 Å². The Morgan fingerprint density at radius 1 is 1.18 bits per heavy atom. The quantitative estimate of drug-likeness (QED) is 0.895. The van der Waals surface area contributed by atoms with Crippen molar-refractivity contribution in [3.05, 3.63) is 58.3 Å². The van der Waals surface area contributed by atoms with Gasteiger partial charge in [0.15, 0.2) is 6.10 Å². The van der Waals surface area contributed by atoms with Gasteiger partial charge in [0.25, 0.3) is 5.91 Å². The molecule has 116 valence electrons. The highest BCUT2D eigenvalue weighted by atomic mass is 35.5. The molecule has 2 aromatic rings. The third-order valence-corrected chi connectivity index (χ3v) is 3.66. The zero-order chi connectivity index (χ0) is 16.1. The molecular weight excluding hydrogens is 323 g/mol. The van der Waals surface area contributed by atoms with Gasteiger partial charge in [-0.1, -0.05) is 23.2 Å². The van der Waals surface area contributed by atoms with Gasteiger partial charge in [-0.3, -0.25) is 9.78 Å². The van der Waals surface area contributed by atoms with Crippen LogP contribution in [0.5, 0.6) is 5.75 Å². The summed E-state index contributed by atoms with van der Waals surface area (Å²) in [6, 6.07) is 8.44. The minimum Gasteiger partial charge on any atom is -0.479 e. The molecule has 0 saturated heterocycles. The number of amides is 1. The van der Waals surface area contributed by atoms with E-state index in [1.807, 2.05) is 19.1 Å². The van der Waals surface area contributed by atoms with Crippen LogP contribution in [0, 0.1) is 0 Å². The highest BCUT2D eigenvalue weighted by Crippen LogP contribution is 2.28. The Balaban J connectivity index is 1.97. The van der Waals surface area contributed by atoms with E-state index in [0.717, 1.165) is 5.56 Å². The summed E-state index contributed by atoms with van der Waals surface area (Å²) < 4.78 is 5.58. The Morgan fingerprint density at radius 2 is 1.86 bits per heavy atom. The van der Waals surface area contributed by atoms with Crippen LogP contribution in [0.15, 0.2) is 42.7 Å². The molecule has 2 atom stereocenters. The monoisotopic (exact) mass is 338 g/mol. The molecule has 22 heavy (non-hydrogen) atoms. The van der Waals surface area contributed by atoms with E-state index in [4.69, 9.17) is 27.9 Å². The number of rotatable bonds is 5. The number of hydrogen-bond acceptors (Lipinski definition) is 3. The van der Waals surface area contributed by atoms with Crippen molar-refractivity contribution in [3.63, 3.8) is 0 Å². The second-order valence-corrected chi connectivity index (χ2v) is 5.69. The Bertz CT molecular complexity index is 650. The van der Waals surface area contributed by atoms with Crippen LogP contribution in [0.3, 0.4) is 0 Å². The maximum Gasteiger partial charge on any atom is 0.261 e. The van der Waals surface area contributed by atoms with Crippen LogP contribution in [0.2, 0.25) is 10.0 Å². The van der Waals surface area contributed by atoms with Gasteiger partial charge < -0.3 is 10.1 Å². The maximum atomic E-state index is 12.2. The molecule has 1 aromatic carbocycles. The molecule has 6 heteroatoms. The van der Waals surface area contributed by atoms with Gasteiger partial charge in [-0.15, -0.1) is 0 Å². The largest absolute Gasteiger partial charge is 0.479 e. The molecule has 0 saturated carbocycles. The molecule has 2 rings (SSSR count). The molecule has 0 aliphatic carbocycles. The van der Waals surface area contributed by atoms with E-state index in [9.17, 15) is 4.79 Å². The van der Waals surface area contributed by atoms with Crippen molar-refractivity contribution < 1.29 is 9.53 Å². The highest BCUT2D eigenvalue weighted by Gasteiger charge is 2.18. The van der Waals surface area contributed by atoms with E-state index in [1.54, 1.807) is 37.5 Å². The van der Waals surface area contributed by atoms with E-state index in [2.05, 4.69) is 10.3 Å². The lowest BCUT2D eigenvalue weighted by Gasteiger charge is -2.19. The minimum absolute atomic E-state index is 0.137. The average molecular weight is 339 g/mol. The lowest BCUT2D eigenvalue weighted by Crippen LogP contribution is -2.37. The topological polar surface area (TPSA) is 51.2 Å². The first-order valence-corrected chi connectivity index (χ1v) is 7.55. The number of aromatic nitrogens is 1. The third-order valence-electron chi connectivity index (χ3n) is 3.13. The van der Waals surface area contributed by atoms with Crippen LogP contribution >= 0.6 is 23.2 Å². The van der Waals surface area contributed by atoms with Gasteiger partial charge >= 0.3 is 0 Å². The molecule has 0 fully saturated rings. The predicted molar refractivity (Wildman–Crippen MR) is 87.3 cm³/mol. The van der Waals surface area contributed by atoms with Crippen molar-refractivity contribution >= 4 is 29.1 Å². The van der Waals surface area contributed by atoms with Gasteiger partial charge in [0.2, 0.25) is 0 Å². The van der Waals surface area contributed by atoms with E-state index in [-0.39, 0.29) is 11.9 Å². The zero-order valence-electron chi connectivity index (χ0n) is 12.2. The minimum atomic E-state index is -0.678. The summed E-state index contributed by atoms with van der Waals surface area (Å²) in [4.78, 5) is 16.1. The van der Waals surface area contributed by atoms with Crippen LogP contribution in [-0.4, -0.2) is 17.0 Å². The lowest BCUT2D eigenvalue weighted by molar-refractivity contribution is -0.127. The maximum absolute atomic E-state index is 12.2. The first-order chi connectivity index (χ1) is 10.5. The number of nitrogens with one attached hydrogen (secondary N) is 1. The Hall–Kier alpha value is -1.78. The normalized spacial score (nSPS) is 13.3. The summed E-state index contributed by atoms with van der Waals surface area (Å²) in [5.74, 6) is 0.195. The van der Waals surface area contributed by atoms with Crippen LogP contribution in [0.25, 0.3) is 0 Å². The van der Waals surface area contributed by atoms with Crippen LogP contribution in [0.4, 0.5) is 0 Å². The summed E-state index contributed by atoms with van der Waals surface area (Å²) in [6.07, 6.45) is 2.69. The molecule has 1 heterocycles. The SMILES string of the molecule is C[C@H](Oc1ccc(Cl)cc1Cl)C(=O)N[C@@H](C)c1ccncc1. The summed E-state index contributed by atoms with van der Waals surface area (Å²) in [6.45, 7) is 3.56. The van der Waals surface area contributed by atoms with Gasteiger partial charge in [0.1, 0.15) is 5.75 Å². The van der Waals surface area contributed by atoms with Crippen LogP contribution < -0.4 is 10.1 Å². The number of halogens is 2. The first-order valence-electron chi connectivity index (χ1n) is 6.79. The molecule has 0 aliphatic rings. The van der Waals surface area contributed by atoms with Gasteiger partial charge in [0.05, 0.1) is 11.1 Å². The fourth-order valence-electron chi connectivity index (χ4n) is 1.88. The fourth-order valence-corrected chi connectivity index (χ4v) is 2.33. The number of pyridine rings is 1. The molecular formula is C16H16Cl2N2O2. The Labute approximate surface area is 139 Å². The van der Waals surface area contributed by atoms with Gasteiger partial charge in [-0.05, 0) is 49.7 Å². The Kier molecular flexibility index (Phi) is 5.63. The molecule has 0 aliphatic heterocycles. The summed E-state index contributed by atoms with van der Waals surface area (Å²) in [5.41, 5.74) is 0.972. The van der Waals surface area contributed by atoms with Crippen molar-refractivity contribution in [1.29, 1.82) is 0 Å². The number of carbonyl (C=O) groups excluding carboxylic acids is 1.